The lowest BCUT2D eigenvalue weighted by Crippen LogP contribution is -1.96. The van der Waals surface area contributed by atoms with Gasteiger partial charge in [-0.3, -0.25) is 0 Å². The number of aromatic amines is 1. The van der Waals surface area contributed by atoms with Crippen LogP contribution in [0.1, 0.15) is 76.8 Å². The van der Waals surface area contributed by atoms with Gasteiger partial charge in [0.2, 0.25) is 0 Å². The number of hydrogen-bond donors (Lipinski definition) is 1. The molecule has 1 rings (SSSR count). The second-order valence-electron chi connectivity index (χ2n) is 5.98. The average molecular weight is 249 g/mol. The molecule has 0 saturated heterocycles. The Morgan fingerprint density at radius 1 is 0.889 bits per heavy atom. The van der Waals surface area contributed by atoms with Gasteiger partial charge in [-0.25, -0.2) is 0 Å². The molecule has 1 heterocycles. The molecule has 0 aromatic carbocycles. The highest BCUT2D eigenvalue weighted by molar-refractivity contribution is 5.23. The highest BCUT2D eigenvalue weighted by Crippen LogP contribution is 2.17. The Kier molecular flexibility index (Phi) is 7.88. The molecule has 104 valence electrons. The van der Waals surface area contributed by atoms with Crippen LogP contribution in [0.3, 0.4) is 0 Å². The van der Waals surface area contributed by atoms with Crippen molar-refractivity contribution in [1.29, 1.82) is 0 Å². The van der Waals surface area contributed by atoms with Crippen LogP contribution in [0.15, 0.2) is 12.4 Å². The fourth-order valence-electron chi connectivity index (χ4n) is 2.56. The summed E-state index contributed by atoms with van der Waals surface area (Å²) in [7, 11) is 0. The summed E-state index contributed by atoms with van der Waals surface area (Å²) in [4.78, 5) is 3.27. The maximum atomic E-state index is 3.27. The van der Waals surface area contributed by atoms with E-state index in [1.54, 1.807) is 5.56 Å². The van der Waals surface area contributed by atoms with E-state index >= 15 is 0 Å². The second kappa shape index (κ2) is 9.24. The number of aromatic nitrogens is 1. The van der Waals surface area contributed by atoms with Crippen molar-refractivity contribution in [2.75, 3.05) is 0 Å². The minimum atomic E-state index is 0.758. The van der Waals surface area contributed by atoms with Gasteiger partial charge < -0.3 is 4.98 Å². The molecule has 0 atom stereocenters. The third-order valence-electron chi connectivity index (χ3n) is 3.61. The third kappa shape index (κ3) is 6.28. The summed E-state index contributed by atoms with van der Waals surface area (Å²) in [6.45, 7) is 6.87. The molecular weight excluding hydrogens is 218 g/mol. The smallest absolute Gasteiger partial charge is 0.00403 e. The molecule has 18 heavy (non-hydrogen) atoms. The predicted molar refractivity (Wildman–Crippen MR) is 81.0 cm³/mol. The molecule has 1 nitrogen and oxygen atoms in total. The normalized spacial score (nSPS) is 11.3. The summed E-state index contributed by atoms with van der Waals surface area (Å²) in [6.07, 6.45) is 16.7. The van der Waals surface area contributed by atoms with Crippen molar-refractivity contribution >= 4 is 0 Å². The van der Waals surface area contributed by atoms with Crippen LogP contribution in [0.25, 0.3) is 0 Å². The van der Waals surface area contributed by atoms with Crippen molar-refractivity contribution in [2.45, 2.75) is 78.6 Å². The summed E-state index contributed by atoms with van der Waals surface area (Å²) in [5.41, 5.74) is 3.09. The highest BCUT2D eigenvalue weighted by atomic mass is 14.6. The van der Waals surface area contributed by atoms with Gasteiger partial charge in [0.25, 0.3) is 0 Å². The summed E-state index contributed by atoms with van der Waals surface area (Å²) < 4.78 is 0. The van der Waals surface area contributed by atoms with Gasteiger partial charge in [-0.15, -0.1) is 0 Å². The molecule has 0 fully saturated rings. The number of hydrogen-bond acceptors (Lipinski definition) is 0. The van der Waals surface area contributed by atoms with Crippen molar-refractivity contribution < 1.29 is 0 Å². The van der Waals surface area contributed by atoms with E-state index in [1.165, 1.54) is 63.4 Å². The van der Waals surface area contributed by atoms with Gasteiger partial charge in [-0.1, -0.05) is 59.3 Å². The second-order valence-corrected chi connectivity index (χ2v) is 5.98. The minimum Gasteiger partial charge on any atom is -0.367 e. The molecule has 1 heteroatoms. The van der Waals surface area contributed by atoms with Gasteiger partial charge in [0.05, 0.1) is 0 Å². The van der Waals surface area contributed by atoms with E-state index in [0.717, 1.165) is 5.92 Å². The van der Waals surface area contributed by atoms with Crippen LogP contribution in [0.2, 0.25) is 0 Å². The number of unbranched alkanes of at least 4 members (excludes halogenated alkanes) is 6. The van der Waals surface area contributed by atoms with E-state index in [2.05, 4.69) is 38.1 Å². The van der Waals surface area contributed by atoms with Crippen LogP contribution in [0.4, 0.5) is 0 Å². The lowest BCUT2D eigenvalue weighted by Gasteiger charge is -2.06. The number of rotatable bonds is 10. The molecule has 0 aliphatic rings. The Balaban J connectivity index is 2.13. The third-order valence-corrected chi connectivity index (χ3v) is 3.61. The quantitative estimate of drug-likeness (QED) is 0.526. The van der Waals surface area contributed by atoms with Gasteiger partial charge >= 0.3 is 0 Å². The number of aryl methyl sites for hydroxylation is 1. The van der Waals surface area contributed by atoms with Crippen molar-refractivity contribution in [1.82, 2.24) is 4.98 Å². The van der Waals surface area contributed by atoms with Crippen molar-refractivity contribution in [3.05, 3.63) is 23.5 Å². The van der Waals surface area contributed by atoms with Crippen LogP contribution in [0, 0.1) is 5.92 Å². The van der Waals surface area contributed by atoms with Gasteiger partial charge in [0, 0.05) is 12.4 Å². The van der Waals surface area contributed by atoms with E-state index in [0.29, 0.717) is 0 Å². The average Bonchev–Trinajstić information content (AvgIpc) is 2.75. The fourth-order valence-corrected chi connectivity index (χ4v) is 2.56. The molecule has 1 N–H and O–H groups in total. The molecule has 0 saturated carbocycles. The molecular formula is C17H31N. The van der Waals surface area contributed by atoms with Crippen LogP contribution < -0.4 is 0 Å². The fraction of sp³-hybridized carbons (Fsp3) is 0.765. The maximum Gasteiger partial charge on any atom is 0.00403 e. The SMILES string of the molecule is CCCCCCCCCc1c[nH]cc1CC(C)C. The number of H-pyrrole nitrogens is 1. The molecule has 0 bridgehead atoms. The molecule has 1 aromatic heterocycles. The van der Waals surface area contributed by atoms with Crippen LogP contribution in [-0.4, -0.2) is 4.98 Å². The molecule has 1 aromatic rings. The predicted octanol–water partition coefficient (Wildman–Crippen LogP) is 5.51. The largest absolute Gasteiger partial charge is 0.367 e. The Labute approximate surface area is 113 Å². The van der Waals surface area contributed by atoms with E-state index in [4.69, 9.17) is 0 Å². The Hall–Kier alpha value is -0.720. The standard InChI is InChI=1S/C17H31N/c1-4-5-6-7-8-9-10-11-16-13-18-14-17(16)12-15(2)3/h13-15,18H,4-12H2,1-3H3. The van der Waals surface area contributed by atoms with E-state index in [1.807, 2.05) is 0 Å². The molecule has 0 amide bonds. The first kappa shape index (κ1) is 15.3. The first-order chi connectivity index (χ1) is 8.74. The highest BCUT2D eigenvalue weighted by Gasteiger charge is 2.05. The zero-order valence-corrected chi connectivity index (χ0v) is 12.6. The first-order valence-corrected chi connectivity index (χ1v) is 7.88. The first-order valence-electron chi connectivity index (χ1n) is 7.88. The maximum absolute atomic E-state index is 3.27. The monoisotopic (exact) mass is 249 g/mol. The van der Waals surface area contributed by atoms with Gasteiger partial charge in [0.1, 0.15) is 0 Å². The molecule has 0 spiro atoms. The molecule has 0 unspecified atom stereocenters. The minimum absolute atomic E-state index is 0.758. The zero-order chi connectivity index (χ0) is 13.2. The molecule has 0 aliphatic carbocycles. The van der Waals surface area contributed by atoms with Crippen LogP contribution >= 0.6 is 0 Å². The zero-order valence-electron chi connectivity index (χ0n) is 12.6. The van der Waals surface area contributed by atoms with Gasteiger partial charge in [-0.2, -0.15) is 0 Å². The van der Waals surface area contributed by atoms with Crippen LogP contribution in [0.5, 0.6) is 0 Å². The van der Waals surface area contributed by atoms with E-state index in [9.17, 15) is 0 Å². The lowest BCUT2D eigenvalue weighted by atomic mass is 9.98. The van der Waals surface area contributed by atoms with E-state index < -0.39 is 0 Å². The number of nitrogens with one attached hydrogen (secondary N) is 1. The molecule has 0 aliphatic heterocycles. The lowest BCUT2D eigenvalue weighted by molar-refractivity contribution is 0.587. The van der Waals surface area contributed by atoms with Crippen molar-refractivity contribution in [3.8, 4) is 0 Å². The van der Waals surface area contributed by atoms with Gasteiger partial charge in [0.15, 0.2) is 0 Å². The van der Waals surface area contributed by atoms with Crippen molar-refractivity contribution in [3.63, 3.8) is 0 Å². The van der Waals surface area contributed by atoms with Crippen LogP contribution in [-0.2, 0) is 12.8 Å². The van der Waals surface area contributed by atoms with Gasteiger partial charge in [-0.05, 0) is 36.3 Å². The Morgan fingerprint density at radius 2 is 1.50 bits per heavy atom. The Morgan fingerprint density at radius 3 is 2.17 bits per heavy atom. The van der Waals surface area contributed by atoms with E-state index in [-0.39, 0.29) is 0 Å². The summed E-state index contributed by atoms with van der Waals surface area (Å²) in [5.74, 6) is 0.758. The summed E-state index contributed by atoms with van der Waals surface area (Å²) in [6, 6.07) is 0. The molecule has 0 radical (unpaired) electrons. The van der Waals surface area contributed by atoms with Crippen molar-refractivity contribution in [2.24, 2.45) is 5.92 Å². The summed E-state index contributed by atoms with van der Waals surface area (Å²) in [5, 5.41) is 0. The topological polar surface area (TPSA) is 15.8 Å². The summed E-state index contributed by atoms with van der Waals surface area (Å²) >= 11 is 0. The Bertz CT molecular complexity index is 298.